The van der Waals surface area contributed by atoms with Crippen LogP contribution in [0.5, 0.6) is 5.75 Å². The van der Waals surface area contributed by atoms with Crippen molar-refractivity contribution in [1.82, 2.24) is 0 Å². The summed E-state index contributed by atoms with van der Waals surface area (Å²) in [5.41, 5.74) is -1.01. The fourth-order valence-electron chi connectivity index (χ4n) is 2.18. The van der Waals surface area contributed by atoms with Crippen LogP contribution in [0.1, 0.15) is 29.6 Å². The maximum absolute atomic E-state index is 12.2. The Morgan fingerprint density at radius 1 is 1.40 bits per heavy atom. The first-order valence-corrected chi connectivity index (χ1v) is 6.57. The molecule has 1 saturated carbocycles. The molecule has 0 N–H and O–H groups in total. The molecule has 1 heterocycles. The summed E-state index contributed by atoms with van der Waals surface area (Å²) in [4.78, 5) is 24.3. The van der Waals surface area contributed by atoms with E-state index in [0.717, 1.165) is 12.8 Å². The zero-order chi connectivity index (χ0) is 14.2. The fourth-order valence-corrected chi connectivity index (χ4v) is 2.18. The van der Waals surface area contributed by atoms with Crippen LogP contribution in [-0.4, -0.2) is 24.5 Å². The molecule has 0 unspecified atom stereocenters. The maximum atomic E-state index is 12.2. The Morgan fingerprint density at radius 3 is 2.85 bits per heavy atom. The normalized spacial score (nSPS) is 23.9. The van der Waals surface area contributed by atoms with Gasteiger partial charge < -0.3 is 9.47 Å². The molecule has 4 nitrogen and oxygen atoms in total. The summed E-state index contributed by atoms with van der Waals surface area (Å²) in [6.07, 6.45) is 1.97. The molecule has 0 bridgehead atoms. The lowest BCUT2D eigenvalue weighted by Gasteiger charge is -2.31. The molecular weight excluding hydrogens is 256 g/mol. The predicted molar refractivity (Wildman–Crippen MR) is 71.3 cm³/mol. The first kappa shape index (κ1) is 12.7. The Hall–Kier alpha value is -2.28. The fraction of sp³-hybridized carbons (Fsp3) is 0.375. The van der Waals surface area contributed by atoms with Crippen molar-refractivity contribution in [3.8, 4) is 17.6 Å². The molecule has 1 fully saturated rings. The Bertz CT molecular complexity index is 633. The van der Waals surface area contributed by atoms with E-state index in [1.54, 1.807) is 24.3 Å². The molecule has 0 amide bonds. The minimum atomic E-state index is -1.50. The SMILES string of the molecule is COC(=O)[C@]1(C#CC2CC2)CC(=O)c2ccccc2O1. The number of hydrogen-bond acceptors (Lipinski definition) is 4. The number of esters is 1. The van der Waals surface area contributed by atoms with E-state index in [4.69, 9.17) is 9.47 Å². The number of carbonyl (C=O) groups excluding carboxylic acids is 2. The van der Waals surface area contributed by atoms with Crippen LogP contribution in [-0.2, 0) is 9.53 Å². The number of Topliss-reactive ketones (excluding diaryl/α,β-unsaturated/α-hetero) is 1. The van der Waals surface area contributed by atoms with E-state index in [1.807, 2.05) is 0 Å². The van der Waals surface area contributed by atoms with E-state index >= 15 is 0 Å². The molecule has 20 heavy (non-hydrogen) atoms. The summed E-state index contributed by atoms with van der Waals surface area (Å²) in [7, 11) is 1.28. The lowest BCUT2D eigenvalue weighted by Crippen LogP contribution is -2.48. The van der Waals surface area contributed by atoms with Crippen molar-refractivity contribution in [2.45, 2.75) is 24.9 Å². The molecule has 3 rings (SSSR count). The highest BCUT2D eigenvalue weighted by atomic mass is 16.6. The molecule has 0 saturated heterocycles. The minimum absolute atomic E-state index is 0.101. The van der Waals surface area contributed by atoms with E-state index in [2.05, 4.69) is 11.8 Å². The summed E-state index contributed by atoms with van der Waals surface area (Å²) >= 11 is 0. The van der Waals surface area contributed by atoms with Crippen LogP contribution in [0, 0.1) is 17.8 Å². The molecular formula is C16H14O4. The third-order valence-corrected chi connectivity index (χ3v) is 3.45. The van der Waals surface area contributed by atoms with Crippen molar-refractivity contribution in [2.75, 3.05) is 7.11 Å². The second-order valence-corrected chi connectivity index (χ2v) is 5.06. The maximum Gasteiger partial charge on any atom is 0.363 e. The van der Waals surface area contributed by atoms with Gasteiger partial charge in [0.1, 0.15) is 5.75 Å². The quantitative estimate of drug-likeness (QED) is 0.578. The number of ketones is 1. The van der Waals surface area contributed by atoms with Crippen LogP contribution in [0.2, 0.25) is 0 Å². The van der Waals surface area contributed by atoms with Gasteiger partial charge in [0, 0.05) is 5.92 Å². The van der Waals surface area contributed by atoms with Gasteiger partial charge in [-0.2, -0.15) is 0 Å². The molecule has 0 aromatic heterocycles. The van der Waals surface area contributed by atoms with E-state index in [-0.39, 0.29) is 12.2 Å². The van der Waals surface area contributed by atoms with Gasteiger partial charge in [0.15, 0.2) is 5.78 Å². The highest BCUT2D eigenvalue weighted by Gasteiger charge is 2.47. The van der Waals surface area contributed by atoms with Gasteiger partial charge >= 0.3 is 5.97 Å². The van der Waals surface area contributed by atoms with E-state index in [9.17, 15) is 9.59 Å². The van der Waals surface area contributed by atoms with Gasteiger partial charge in [0.25, 0.3) is 5.60 Å². The third kappa shape index (κ3) is 2.16. The van der Waals surface area contributed by atoms with E-state index < -0.39 is 11.6 Å². The van der Waals surface area contributed by atoms with Crippen molar-refractivity contribution in [1.29, 1.82) is 0 Å². The highest BCUT2D eigenvalue weighted by Crippen LogP contribution is 2.35. The van der Waals surface area contributed by atoms with Crippen molar-refractivity contribution >= 4 is 11.8 Å². The van der Waals surface area contributed by atoms with Gasteiger partial charge in [-0.3, -0.25) is 4.79 Å². The molecule has 1 aromatic rings. The van der Waals surface area contributed by atoms with Gasteiger partial charge in [-0.15, -0.1) is 0 Å². The summed E-state index contributed by atoms with van der Waals surface area (Å²) in [5.74, 6) is 5.79. The monoisotopic (exact) mass is 270 g/mol. The van der Waals surface area contributed by atoms with Crippen LogP contribution in [0.3, 0.4) is 0 Å². The molecule has 2 aliphatic rings. The number of rotatable bonds is 1. The smallest absolute Gasteiger partial charge is 0.363 e. The molecule has 102 valence electrons. The molecule has 4 heteroatoms. The zero-order valence-electron chi connectivity index (χ0n) is 11.1. The Kier molecular flexibility index (Phi) is 2.98. The van der Waals surface area contributed by atoms with E-state index in [0.29, 0.717) is 17.2 Å². The molecule has 1 aliphatic heterocycles. The van der Waals surface area contributed by atoms with Gasteiger partial charge in [-0.25, -0.2) is 4.79 Å². The Balaban J connectivity index is 2.02. The van der Waals surface area contributed by atoms with Gasteiger partial charge in [0.2, 0.25) is 0 Å². The summed E-state index contributed by atoms with van der Waals surface area (Å²) in [5, 5.41) is 0. The first-order valence-electron chi connectivity index (χ1n) is 6.57. The average Bonchev–Trinajstić information content (AvgIpc) is 3.28. The Morgan fingerprint density at radius 2 is 2.15 bits per heavy atom. The van der Waals surface area contributed by atoms with Crippen molar-refractivity contribution in [2.24, 2.45) is 5.92 Å². The van der Waals surface area contributed by atoms with Gasteiger partial charge in [-0.05, 0) is 30.9 Å². The number of fused-ring (bicyclic) bond motifs is 1. The van der Waals surface area contributed by atoms with Crippen LogP contribution in [0.25, 0.3) is 0 Å². The molecule has 1 aliphatic carbocycles. The summed E-state index contributed by atoms with van der Waals surface area (Å²) < 4.78 is 10.5. The zero-order valence-corrected chi connectivity index (χ0v) is 11.1. The number of benzene rings is 1. The molecule has 1 atom stereocenters. The van der Waals surface area contributed by atoms with Crippen molar-refractivity contribution < 1.29 is 19.1 Å². The van der Waals surface area contributed by atoms with Gasteiger partial charge in [0.05, 0.1) is 19.1 Å². The van der Waals surface area contributed by atoms with Crippen LogP contribution in [0.15, 0.2) is 24.3 Å². The van der Waals surface area contributed by atoms with Gasteiger partial charge in [-0.1, -0.05) is 18.1 Å². The number of methoxy groups -OCH3 is 1. The summed E-state index contributed by atoms with van der Waals surface area (Å²) in [6.45, 7) is 0. The molecule has 1 aromatic carbocycles. The summed E-state index contributed by atoms with van der Waals surface area (Å²) in [6, 6.07) is 6.88. The number of hydrogen-bond donors (Lipinski definition) is 0. The predicted octanol–water partition coefficient (Wildman–Crippen LogP) is 1.98. The molecule has 0 radical (unpaired) electrons. The second kappa shape index (κ2) is 4.68. The first-order chi connectivity index (χ1) is 9.64. The topological polar surface area (TPSA) is 52.6 Å². The lowest BCUT2D eigenvalue weighted by molar-refractivity contribution is -0.154. The average molecular weight is 270 g/mol. The van der Waals surface area contributed by atoms with Crippen LogP contribution >= 0.6 is 0 Å². The number of ether oxygens (including phenoxy) is 2. The number of carbonyl (C=O) groups is 2. The standard InChI is InChI=1S/C16H14O4/c1-19-15(18)16(9-8-11-6-7-11)10-13(17)12-4-2-3-5-14(12)20-16/h2-5,11H,6-7,10H2,1H3/t16-/m0/s1. The van der Waals surface area contributed by atoms with E-state index in [1.165, 1.54) is 7.11 Å². The lowest BCUT2D eigenvalue weighted by atomic mass is 9.90. The second-order valence-electron chi connectivity index (χ2n) is 5.06. The third-order valence-electron chi connectivity index (χ3n) is 3.45. The highest BCUT2D eigenvalue weighted by molar-refractivity contribution is 6.04. The minimum Gasteiger partial charge on any atom is -0.465 e. The largest absolute Gasteiger partial charge is 0.465 e. The van der Waals surface area contributed by atoms with Crippen molar-refractivity contribution in [3.63, 3.8) is 0 Å². The van der Waals surface area contributed by atoms with Crippen molar-refractivity contribution in [3.05, 3.63) is 29.8 Å². The molecule has 0 spiro atoms. The number of para-hydroxylation sites is 1. The van der Waals surface area contributed by atoms with Crippen LogP contribution in [0.4, 0.5) is 0 Å². The Labute approximate surface area is 117 Å². The van der Waals surface area contributed by atoms with Crippen LogP contribution < -0.4 is 4.74 Å².